The van der Waals surface area contributed by atoms with Gasteiger partial charge in [-0.3, -0.25) is 9.11 Å². The van der Waals surface area contributed by atoms with Crippen LogP contribution in [0.25, 0.3) is 10.8 Å². The molecular weight excluding hydrogens is 340 g/mol. The SMILES string of the molecule is CCc1cc(S(=O)(=O)O)cc2cc(S(=O)(=O)O)c(C)c(CC)c12. The van der Waals surface area contributed by atoms with Crippen LogP contribution in [0.1, 0.15) is 30.5 Å². The first-order chi connectivity index (χ1) is 10.5. The van der Waals surface area contributed by atoms with Crippen molar-refractivity contribution in [3.63, 3.8) is 0 Å². The zero-order chi connectivity index (χ0) is 17.6. The maximum Gasteiger partial charge on any atom is 0.294 e. The summed E-state index contributed by atoms with van der Waals surface area (Å²) in [6.45, 7) is 5.30. The summed E-state index contributed by atoms with van der Waals surface area (Å²) >= 11 is 0. The minimum atomic E-state index is -4.44. The lowest BCUT2D eigenvalue weighted by Gasteiger charge is -2.16. The van der Waals surface area contributed by atoms with Crippen molar-refractivity contribution in [2.45, 2.75) is 43.4 Å². The van der Waals surface area contributed by atoms with Crippen molar-refractivity contribution < 1.29 is 25.9 Å². The maximum atomic E-state index is 11.6. The van der Waals surface area contributed by atoms with Gasteiger partial charge in [0.25, 0.3) is 20.2 Å². The van der Waals surface area contributed by atoms with E-state index in [0.29, 0.717) is 29.4 Å². The van der Waals surface area contributed by atoms with Gasteiger partial charge >= 0.3 is 0 Å². The number of fused-ring (bicyclic) bond motifs is 1. The second-order valence-corrected chi connectivity index (χ2v) is 8.13. The van der Waals surface area contributed by atoms with Gasteiger partial charge in [-0.05, 0) is 65.4 Å². The molecule has 2 aromatic rings. The molecule has 0 spiro atoms. The fourth-order valence-corrected chi connectivity index (χ4v) is 4.25. The molecule has 0 bridgehead atoms. The highest BCUT2D eigenvalue weighted by Crippen LogP contribution is 2.33. The lowest BCUT2D eigenvalue weighted by Crippen LogP contribution is -2.06. The van der Waals surface area contributed by atoms with Gasteiger partial charge in [0.05, 0.1) is 9.79 Å². The van der Waals surface area contributed by atoms with Crippen LogP contribution < -0.4 is 0 Å². The summed E-state index contributed by atoms with van der Waals surface area (Å²) in [6, 6.07) is 3.85. The summed E-state index contributed by atoms with van der Waals surface area (Å²) in [5.41, 5.74) is 1.86. The molecule has 0 saturated carbocycles. The highest BCUT2D eigenvalue weighted by atomic mass is 32.2. The summed E-state index contributed by atoms with van der Waals surface area (Å²) in [4.78, 5) is -0.551. The van der Waals surface area contributed by atoms with Crippen molar-refractivity contribution in [1.82, 2.24) is 0 Å². The fraction of sp³-hybridized carbons (Fsp3) is 0.333. The number of rotatable bonds is 4. The van der Waals surface area contributed by atoms with Crippen LogP contribution in [0.5, 0.6) is 0 Å². The van der Waals surface area contributed by atoms with Gasteiger partial charge in [0.1, 0.15) is 0 Å². The van der Waals surface area contributed by atoms with E-state index < -0.39 is 20.2 Å². The van der Waals surface area contributed by atoms with Crippen molar-refractivity contribution in [3.8, 4) is 0 Å². The first-order valence-electron chi connectivity index (χ1n) is 7.04. The van der Waals surface area contributed by atoms with Gasteiger partial charge in [0, 0.05) is 0 Å². The molecule has 126 valence electrons. The smallest absolute Gasteiger partial charge is 0.282 e. The highest BCUT2D eigenvalue weighted by molar-refractivity contribution is 7.86. The third-order valence-corrected chi connectivity index (χ3v) is 5.76. The van der Waals surface area contributed by atoms with E-state index >= 15 is 0 Å². The summed E-state index contributed by atoms with van der Waals surface area (Å²) in [5.74, 6) is 0. The van der Waals surface area contributed by atoms with Gasteiger partial charge in [0.15, 0.2) is 0 Å². The van der Waals surface area contributed by atoms with Crippen LogP contribution in [-0.4, -0.2) is 25.9 Å². The van der Waals surface area contributed by atoms with E-state index in [1.54, 1.807) is 6.92 Å². The molecular formula is C15H18O6S2. The Bertz CT molecular complexity index is 989. The summed E-state index contributed by atoms with van der Waals surface area (Å²) in [7, 11) is -8.85. The molecule has 0 aromatic heterocycles. The Hall–Kier alpha value is -1.48. The predicted octanol–water partition coefficient (Wildman–Crippen LogP) is 2.77. The topological polar surface area (TPSA) is 109 Å². The Morgan fingerprint density at radius 3 is 1.96 bits per heavy atom. The normalized spacial score (nSPS) is 12.7. The zero-order valence-electron chi connectivity index (χ0n) is 13.0. The van der Waals surface area contributed by atoms with Crippen molar-refractivity contribution in [2.75, 3.05) is 0 Å². The molecule has 0 saturated heterocycles. The van der Waals surface area contributed by atoms with E-state index in [1.165, 1.54) is 18.2 Å². The summed E-state index contributed by atoms with van der Waals surface area (Å²) in [5, 5.41) is 1.11. The molecule has 23 heavy (non-hydrogen) atoms. The van der Waals surface area contributed by atoms with Crippen LogP contribution in [0.15, 0.2) is 28.0 Å². The van der Waals surface area contributed by atoms with Gasteiger partial charge < -0.3 is 0 Å². The molecule has 0 atom stereocenters. The Morgan fingerprint density at radius 1 is 0.913 bits per heavy atom. The van der Waals surface area contributed by atoms with Crippen molar-refractivity contribution in [3.05, 3.63) is 34.9 Å². The number of hydrogen-bond acceptors (Lipinski definition) is 4. The van der Waals surface area contributed by atoms with E-state index in [1.807, 2.05) is 13.8 Å². The highest BCUT2D eigenvalue weighted by Gasteiger charge is 2.21. The third-order valence-electron chi connectivity index (χ3n) is 3.94. The molecule has 2 rings (SSSR count). The third kappa shape index (κ3) is 3.25. The van der Waals surface area contributed by atoms with Crippen molar-refractivity contribution in [2.24, 2.45) is 0 Å². The van der Waals surface area contributed by atoms with Crippen LogP contribution >= 0.6 is 0 Å². The van der Waals surface area contributed by atoms with Crippen molar-refractivity contribution in [1.29, 1.82) is 0 Å². The molecule has 2 aromatic carbocycles. The molecule has 0 fully saturated rings. The molecule has 0 aliphatic rings. The van der Waals surface area contributed by atoms with E-state index in [2.05, 4.69) is 0 Å². The van der Waals surface area contributed by atoms with Crippen LogP contribution in [0.4, 0.5) is 0 Å². The van der Waals surface area contributed by atoms with E-state index in [-0.39, 0.29) is 9.79 Å². The first-order valence-corrected chi connectivity index (χ1v) is 9.92. The number of benzene rings is 2. The van der Waals surface area contributed by atoms with E-state index in [0.717, 1.165) is 10.9 Å². The zero-order valence-corrected chi connectivity index (χ0v) is 14.6. The molecule has 6 nitrogen and oxygen atoms in total. The molecule has 0 aliphatic carbocycles. The minimum Gasteiger partial charge on any atom is -0.282 e. The second kappa shape index (κ2) is 5.86. The monoisotopic (exact) mass is 358 g/mol. The number of hydrogen-bond donors (Lipinski definition) is 2. The molecule has 8 heteroatoms. The second-order valence-electron chi connectivity index (χ2n) is 5.32. The van der Waals surface area contributed by atoms with Gasteiger partial charge in [-0.1, -0.05) is 13.8 Å². The maximum absolute atomic E-state index is 11.6. The average Bonchev–Trinajstić information content (AvgIpc) is 2.43. The van der Waals surface area contributed by atoms with Crippen LogP contribution in [0, 0.1) is 6.92 Å². The molecule has 0 radical (unpaired) electrons. The van der Waals surface area contributed by atoms with E-state index in [9.17, 15) is 25.9 Å². The standard InChI is InChI=1S/C15H18O6S2/c1-4-10-6-12(22(16,17)18)7-11-8-14(23(19,20)21)9(3)13(5-2)15(10)11/h6-8H,4-5H2,1-3H3,(H,16,17,18)(H,19,20,21). The molecule has 2 N–H and O–H groups in total. The van der Waals surface area contributed by atoms with Gasteiger partial charge in [0.2, 0.25) is 0 Å². The van der Waals surface area contributed by atoms with Gasteiger partial charge in [-0.15, -0.1) is 0 Å². The lowest BCUT2D eigenvalue weighted by molar-refractivity contribution is 0.481. The fourth-order valence-electron chi connectivity index (χ4n) is 2.90. The molecule has 0 heterocycles. The predicted molar refractivity (Wildman–Crippen MR) is 87.1 cm³/mol. The average molecular weight is 358 g/mol. The minimum absolute atomic E-state index is 0.253. The molecule has 0 unspecified atom stereocenters. The quantitative estimate of drug-likeness (QED) is 0.814. The Kier molecular flexibility index (Phi) is 4.55. The Balaban J connectivity index is 3.09. The van der Waals surface area contributed by atoms with Crippen LogP contribution in [0.2, 0.25) is 0 Å². The molecule has 0 aliphatic heterocycles. The summed E-state index contributed by atoms with van der Waals surface area (Å²) in [6.07, 6.45) is 1.03. The van der Waals surface area contributed by atoms with Crippen LogP contribution in [0.3, 0.4) is 0 Å². The Morgan fingerprint density at radius 2 is 1.52 bits per heavy atom. The number of aryl methyl sites for hydroxylation is 2. The lowest BCUT2D eigenvalue weighted by atomic mass is 9.93. The Labute approximate surface area is 135 Å². The molecule has 0 amide bonds. The van der Waals surface area contributed by atoms with E-state index in [4.69, 9.17) is 0 Å². The summed E-state index contributed by atoms with van der Waals surface area (Å²) < 4.78 is 64.7. The van der Waals surface area contributed by atoms with Gasteiger partial charge in [-0.25, -0.2) is 0 Å². The largest absolute Gasteiger partial charge is 0.294 e. The first kappa shape index (κ1) is 17.9. The van der Waals surface area contributed by atoms with Crippen LogP contribution in [-0.2, 0) is 33.1 Å². The van der Waals surface area contributed by atoms with Gasteiger partial charge in [-0.2, -0.15) is 16.8 Å². The van der Waals surface area contributed by atoms with Crippen molar-refractivity contribution >= 4 is 31.0 Å².